The number of carbonyl (C=O) groups is 2. The van der Waals surface area contributed by atoms with E-state index in [0.717, 1.165) is 79.7 Å². The number of hydrogen-bond acceptors (Lipinski definition) is 5. The standard InChI is InChI=1S/C36H41N5O3/c1-24-19-31-33(20-25(24)2)41(34(42)22-37-31)26(3)35(43)38-32(23-39-15-4-5-16-39)28-13-11-27(12-14-28)29-9-8-10-30(21-29)36(44)40-17-6-7-18-40/h8-14,19-22,26,32H,4-7,15-18,23H2,1-3H3,(H,38,43). The normalized spacial score (nSPS) is 16.8. The van der Waals surface area contributed by atoms with E-state index in [0.29, 0.717) is 23.1 Å². The van der Waals surface area contributed by atoms with E-state index >= 15 is 0 Å². The van der Waals surface area contributed by atoms with Crippen molar-refractivity contribution in [3.05, 3.63) is 99.5 Å². The van der Waals surface area contributed by atoms with Crippen LogP contribution in [0.4, 0.5) is 0 Å². The van der Waals surface area contributed by atoms with Crippen LogP contribution in [0.3, 0.4) is 0 Å². The summed E-state index contributed by atoms with van der Waals surface area (Å²) in [6.45, 7) is 10.1. The molecule has 3 heterocycles. The molecule has 3 aromatic carbocycles. The van der Waals surface area contributed by atoms with Crippen LogP contribution in [0.5, 0.6) is 0 Å². The van der Waals surface area contributed by atoms with E-state index in [2.05, 4.69) is 39.5 Å². The molecule has 2 fully saturated rings. The second kappa shape index (κ2) is 12.7. The maximum absolute atomic E-state index is 13.8. The fourth-order valence-electron chi connectivity index (χ4n) is 6.50. The molecule has 0 spiro atoms. The molecule has 2 saturated heterocycles. The minimum absolute atomic E-state index is 0.0925. The van der Waals surface area contributed by atoms with Crippen molar-refractivity contribution in [3.8, 4) is 11.1 Å². The zero-order chi connectivity index (χ0) is 30.8. The summed E-state index contributed by atoms with van der Waals surface area (Å²) in [6.07, 6.45) is 5.74. The first-order valence-electron chi connectivity index (χ1n) is 15.8. The van der Waals surface area contributed by atoms with Gasteiger partial charge in [0.15, 0.2) is 0 Å². The summed E-state index contributed by atoms with van der Waals surface area (Å²) in [5.41, 5.74) is 6.92. The van der Waals surface area contributed by atoms with Crippen LogP contribution in [0.2, 0.25) is 0 Å². The predicted molar refractivity (Wildman–Crippen MR) is 174 cm³/mol. The smallest absolute Gasteiger partial charge is 0.270 e. The number of nitrogens with one attached hydrogen (secondary N) is 1. The van der Waals surface area contributed by atoms with Gasteiger partial charge in [-0.05, 0) is 112 Å². The Balaban J connectivity index is 1.25. The largest absolute Gasteiger partial charge is 0.346 e. The number of nitrogens with zero attached hydrogens (tertiary/aromatic N) is 4. The zero-order valence-electron chi connectivity index (χ0n) is 25.9. The summed E-state index contributed by atoms with van der Waals surface area (Å²) in [5, 5.41) is 3.28. The number of aryl methyl sites for hydroxylation is 2. The van der Waals surface area contributed by atoms with Crippen LogP contribution in [-0.4, -0.2) is 63.9 Å². The third-order valence-electron chi connectivity index (χ3n) is 9.27. The van der Waals surface area contributed by atoms with Crippen molar-refractivity contribution < 1.29 is 9.59 Å². The number of amides is 2. The second-order valence-electron chi connectivity index (χ2n) is 12.3. The van der Waals surface area contributed by atoms with Gasteiger partial charge in [0.1, 0.15) is 6.04 Å². The molecule has 0 saturated carbocycles. The lowest BCUT2D eigenvalue weighted by Crippen LogP contribution is -2.41. The number of hydrogen-bond donors (Lipinski definition) is 1. The van der Waals surface area contributed by atoms with Crippen molar-refractivity contribution in [2.75, 3.05) is 32.7 Å². The second-order valence-corrected chi connectivity index (χ2v) is 12.3. The molecule has 0 radical (unpaired) electrons. The van der Waals surface area contributed by atoms with Crippen molar-refractivity contribution >= 4 is 22.8 Å². The molecule has 228 valence electrons. The average molecular weight is 592 g/mol. The van der Waals surface area contributed by atoms with E-state index in [-0.39, 0.29) is 23.4 Å². The summed E-state index contributed by atoms with van der Waals surface area (Å²) in [6, 6.07) is 19.0. The van der Waals surface area contributed by atoms with Gasteiger partial charge in [0, 0.05) is 25.2 Å². The van der Waals surface area contributed by atoms with Crippen LogP contribution in [0.1, 0.15) is 71.7 Å². The number of rotatable bonds is 8. The summed E-state index contributed by atoms with van der Waals surface area (Å²) in [4.78, 5) is 48.4. The minimum Gasteiger partial charge on any atom is -0.346 e. The van der Waals surface area contributed by atoms with Gasteiger partial charge in [0.05, 0.1) is 23.3 Å². The molecule has 44 heavy (non-hydrogen) atoms. The van der Waals surface area contributed by atoms with Gasteiger partial charge in [0.25, 0.3) is 11.5 Å². The van der Waals surface area contributed by atoms with Crippen LogP contribution in [0.25, 0.3) is 22.2 Å². The van der Waals surface area contributed by atoms with Gasteiger partial charge in [-0.1, -0.05) is 36.4 Å². The Morgan fingerprint density at radius 3 is 2.27 bits per heavy atom. The van der Waals surface area contributed by atoms with Crippen molar-refractivity contribution in [2.24, 2.45) is 0 Å². The molecule has 1 N–H and O–H groups in total. The highest BCUT2D eigenvalue weighted by Gasteiger charge is 2.26. The lowest BCUT2D eigenvalue weighted by molar-refractivity contribution is -0.124. The van der Waals surface area contributed by atoms with Crippen LogP contribution in [-0.2, 0) is 4.79 Å². The molecule has 0 bridgehead atoms. The Kier molecular flexibility index (Phi) is 8.62. The number of likely N-dealkylation sites (tertiary alicyclic amines) is 2. The molecule has 2 aliphatic rings. The molecule has 2 amide bonds. The zero-order valence-corrected chi connectivity index (χ0v) is 25.9. The molecule has 8 nitrogen and oxygen atoms in total. The Bertz CT molecular complexity index is 1730. The van der Waals surface area contributed by atoms with Crippen molar-refractivity contribution in [2.45, 2.75) is 58.5 Å². The van der Waals surface area contributed by atoms with Crippen LogP contribution >= 0.6 is 0 Å². The fourth-order valence-corrected chi connectivity index (χ4v) is 6.50. The van der Waals surface area contributed by atoms with E-state index in [1.54, 1.807) is 11.5 Å². The highest BCUT2D eigenvalue weighted by Crippen LogP contribution is 2.26. The van der Waals surface area contributed by atoms with Gasteiger partial charge in [-0.3, -0.25) is 19.0 Å². The summed E-state index contributed by atoms with van der Waals surface area (Å²) >= 11 is 0. The maximum atomic E-state index is 13.8. The Labute approximate surface area is 258 Å². The summed E-state index contributed by atoms with van der Waals surface area (Å²) in [5.74, 6) is -0.117. The summed E-state index contributed by atoms with van der Waals surface area (Å²) in [7, 11) is 0. The highest BCUT2D eigenvalue weighted by molar-refractivity contribution is 5.95. The minimum atomic E-state index is -0.716. The predicted octanol–water partition coefficient (Wildman–Crippen LogP) is 5.43. The number of carbonyl (C=O) groups excluding carboxylic acids is 2. The molecule has 8 heteroatoms. The van der Waals surface area contributed by atoms with E-state index in [4.69, 9.17) is 0 Å². The van der Waals surface area contributed by atoms with E-state index in [9.17, 15) is 14.4 Å². The van der Waals surface area contributed by atoms with Gasteiger partial charge in [-0.25, -0.2) is 4.98 Å². The quantitative estimate of drug-likeness (QED) is 0.295. The monoisotopic (exact) mass is 591 g/mol. The van der Waals surface area contributed by atoms with Gasteiger partial charge in [-0.2, -0.15) is 0 Å². The third kappa shape index (κ3) is 6.17. The summed E-state index contributed by atoms with van der Waals surface area (Å²) < 4.78 is 1.55. The first-order valence-corrected chi connectivity index (χ1v) is 15.8. The molecule has 1 aromatic heterocycles. The van der Waals surface area contributed by atoms with Crippen molar-refractivity contribution in [3.63, 3.8) is 0 Å². The molecule has 2 atom stereocenters. The van der Waals surface area contributed by atoms with Crippen LogP contribution in [0.15, 0.2) is 71.7 Å². The molecular formula is C36H41N5O3. The molecule has 6 rings (SSSR count). The molecule has 4 aromatic rings. The highest BCUT2D eigenvalue weighted by atomic mass is 16.2. The number of fused-ring (bicyclic) bond motifs is 1. The Morgan fingerprint density at radius 2 is 1.55 bits per heavy atom. The molecule has 0 aliphatic carbocycles. The maximum Gasteiger partial charge on any atom is 0.270 e. The fraction of sp³-hybridized carbons (Fsp3) is 0.389. The van der Waals surface area contributed by atoms with E-state index in [1.165, 1.54) is 6.20 Å². The van der Waals surface area contributed by atoms with Crippen molar-refractivity contribution in [1.82, 2.24) is 24.7 Å². The Morgan fingerprint density at radius 1 is 0.864 bits per heavy atom. The third-order valence-corrected chi connectivity index (χ3v) is 9.27. The van der Waals surface area contributed by atoms with Gasteiger partial charge < -0.3 is 15.1 Å². The van der Waals surface area contributed by atoms with Crippen LogP contribution in [0, 0.1) is 13.8 Å². The Hall–Kier alpha value is -4.30. The molecule has 2 unspecified atom stereocenters. The SMILES string of the molecule is Cc1cc2ncc(=O)n(C(C)C(=O)NC(CN3CCCC3)c3ccc(-c4cccc(C(=O)N5CCCC5)c4)cc3)c2cc1C. The molecule has 2 aliphatic heterocycles. The first kappa shape index (κ1) is 29.8. The lowest BCUT2D eigenvalue weighted by atomic mass is 9.98. The van der Waals surface area contributed by atoms with Gasteiger partial charge in [-0.15, -0.1) is 0 Å². The van der Waals surface area contributed by atoms with Gasteiger partial charge in [0.2, 0.25) is 5.91 Å². The number of aromatic nitrogens is 2. The first-order chi connectivity index (χ1) is 21.3. The lowest BCUT2D eigenvalue weighted by Gasteiger charge is -2.27. The number of benzene rings is 3. The topological polar surface area (TPSA) is 87.5 Å². The van der Waals surface area contributed by atoms with E-state index < -0.39 is 6.04 Å². The molecular weight excluding hydrogens is 550 g/mol. The average Bonchev–Trinajstić information content (AvgIpc) is 3.76. The van der Waals surface area contributed by atoms with Gasteiger partial charge >= 0.3 is 0 Å². The van der Waals surface area contributed by atoms with E-state index in [1.807, 2.05) is 55.1 Å². The van der Waals surface area contributed by atoms with Crippen LogP contribution < -0.4 is 10.9 Å². The van der Waals surface area contributed by atoms with Crippen molar-refractivity contribution in [1.29, 1.82) is 0 Å².